The molecule has 1 aliphatic heterocycles. The summed E-state index contributed by atoms with van der Waals surface area (Å²) >= 11 is 0. The highest BCUT2D eigenvalue weighted by molar-refractivity contribution is 5.90. The van der Waals surface area contributed by atoms with Gasteiger partial charge in [0.1, 0.15) is 0 Å². The summed E-state index contributed by atoms with van der Waals surface area (Å²) in [5.41, 5.74) is 0.691. The van der Waals surface area contributed by atoms with Gasteiger partial charge in [0.2, 0.25) is 5.82 Å². The number of carbonyl (C=O) groups excluding carboxylic acids is 2. The van der Waals surface area contributed by atoms with Gasteiger partial charge < -0.3 is 25.0 Å². The second-order valence-electron chi connectivity index (χ2n) is 7.85. The van der Waals surface area contributed by atoms with Crippen molar-refractivity contribution in [1.82, 2.24) is 19.8 Å². The van der Waals surface area contributed by atoms with Gasteiger partial charge in [0.25, 0.3) is 11.8 Å². The molecule has 3 rings (SSSR count). The van der Waals surface area contributed by atoms with E-state index in [1.165, 1.54) is 11.0 Å². The number of aryl methyl sites for hydroxylation is 1. The monoisotopic (exact) mass is 456 g/mol. The van der Waals surface area contributed by atoms with Gasteiger partial charge in [-0.3, -0.25) is 9.59 Å². The number of benzene rings is 1. The number of aliphatic hydroxyl groups is 2. The molecule has 2 heterocycles. The first-order chi connectivity index (χ1) is 15.2. The first kappa shape index (κ1) is 24.0. The molecule has 1 aromatic heterocycles. The van der Waals surface area contributed by atoms with Gasteiger partial charge in [-0.2, -0.15) is 13.2 Å². The number of imidazole rings is 1. The van der Waals surface area contributed by atoms with Crippen LogP contribution in [0.15, 0.2) is 24.3 Å². The number of likely N-dealkylation sites (tertiary alicyclic amines) is 1. The maximum absolute atomic E-state index is 13.3. The average molecular weight is 456 g/mol. The van der Waals surface area contributed by atoms with Crippen LogP contribution < -0.4 is 5.32 Å². The second-order valence-corrected chi connectivity index (χ2v) is 7.85. The van der Waals surface area contributed by atoms with Crippen LogP contribution in [0.5, 0.6) is 0 Å². The topological polar surface area (TPSA) is 108 Å². The zero-order chi connectivity index (χ0) is 23.3. The Labute approximate surface area is 183 Å². The summed E-state index contributed by atoms with van der Waals surface area (Å²) in [5, 5.41) is 22.3. The van der Waals surface area contributed by atoms with E-state index in [-0.39, 0.29) is 18.6 Å². The Morgan fingerprint density at radius 1 is 1.06 bits per heavy atom. The molecule has 1 aromatic carbocycles. The highest BCUT2D eigenvalue weighted by Crippen LogP contribution is 2.31. The smallest absolute Gasteiger partial charge is 0.380 e. The number of alkyl halides is 3. The number of para-hydroxylation sites is 2. The summed E-state index contributed by atoms with van der Waals surface area (Å²) < 4.78 is 41.1. The molecule has 2 atom stereocenters. The molecule has 2 amide bonds. The molecule has 1 fully saturated rings. The van der Waals surface area contributed by atoms with Crippen molar-refractivity contribution >= 4 is 22.8 Å². The minimum absolute atomic E-state index is 0.120. The minimum Gasteiger partial charge on any atom is -0.380 e. The van der Waals surface area contributed by atoms with E-state index in [1.54, 1.807) is 18.2 Å². The first-order valence-electron chi connectivity index (χ1n) is 10.6. The Hall–Kier alpha value is -2.66. The van der Waals surface area contributed by atoms with Crippen molar-refractivity contribution in [2.24, 2.45) is 0 Å². The molecule has 0 aliphatic carbocycles. The lowest BCUT2D eigenvalue weighted by Gasteiger charge is -2.22. The molecule has 11 heteroatoms. The SMILES string of the molecule is O=C(NCCCCCn1c(C(F)(F)F)nc2ccccc21)[C@H](O)[C@@H](O)C(=O)N1CCCC1. The van der Waals surface area contributed by atoms with Gasteiger partial charge in [-0.05, 0) is 44.2 Å². The third-order valence-corrected chi connectivity index (χ3v) is 5.50. The van der Waals surface area contributed by atoms with Crippen LogP contribution in [0.1, 0.15) is 37.9 Å². The number of nitrogens with zero attached hydrogens (tertiary/aromatic N) is 3. The molecule has 0 bridgehead atoms. The van der Waals surface area contributed by atoms with E-state index >= 15 is 0 Å². The Kier molecular flexibility index (Phi) is 7.73. The molecule has 176 valence electrons. The zero-order valence-corrected chi connectivity index (χ0v) is 17.5. The molecular weight excluding hydrogens is 429 g/mol. The zero-order valence-electron chi connectivity index (χ0n) is 17.5. The van der Waals surface area contributed by atoms with Crippen LogP contribution in [0.4, 0.5) is 13.2 Å². The maximum atomic E-state index is 13.3. The lowest BCUT2D eigenvalue weighted by Crippen LogP contribution is -2.50. The van der Waals surface area contributed by atoms with Crippen molar-refractivity contribution in [3.63, 3.8) is 0 Å². The molecule has 0 spiro atoms. The van der Waals surface area contributed by atoms with Crippen molar-refractivity contribution < 1.29 is 33.0 Å². The number of rotatable bonds is 9. The Bertz CT molecular complexity index is 941. The third-order valence-electron chi connectivity index (χ3n) is 5.50. The van der Waals surface area contributed by atoms with Crippen LogP contribution >= 0.6 is 0 Å². The summed E-state index contributed by atoms with van der Waals surface area (Å²) in [5.74, 6) is -2.46. The summed E-state index contributed by atoms with van der Waals surface area (Å²) in [7, 11) is 0. The predicted octanol–water partition coefficient (Wildman–Crippen LogP) is 1.69. The number of unbranched alkanes of at least 4 members (excludes halogenated alkanes) is 2. The van der Waals surface area contributed by atoms with Crippen molar-refractivity contribution in [3.05, 3.63) is 30.1 Å². The van der Waals surface area contributed by atoms with Gasteiger partial charge in [0, 0.05) is 26.2 Å². The molecular formula is C21H27F3N4O4. The van der Waals surface area contributed by atoms with Crippen molar-refractivity contribution in [2.75, 3.05) is 19.6 Å². The number of carbonyl (C=O) groups is 2. The molecule has 3 N–H and O–H groups in total. The fraction of sp³-hybridized carbons (Fsp3) is 0.571. The Balaban J connectivity index is 1.43. The molecule has 2 aromatic rings. The standard InChI is InChI=1S/C21H27F3N4O4/c22-21(23,24)20-26-14-8-2-3-9-15(14)28(20)13-5-1-4-10-25-18(31)16(29)17(30)19(32)27-11-6-7-12-27/h2-3,8-9,16-17,29-30H,1,4-7,10-13H2,(H,25,31)/t16-,17-/m1/s1. The van der Waals surface area contributed by atoms with Crippen LogP contribution in [0, 0.1) is 0 Å². The highest BCUT2D eigenvalue weighted by atomic mass is 19.4. The number of fused-ring (bicyclic) bond motifs is 1. The summed E-state index contributed by atoms with van der Waals surface area (Å²) in [6, 6.07) is 6.41. The summed E-state index contributed by atoms with van der Waals surface area (Å²) in [6.07, 6.45) is -5.19. The van der Waals surface area contributed by atoms with Crippen molar-refractivity contribution in [1.29, 1.82) is 0 Å². The molecule has 0 radical (unpaired) electrons. The number of hydrogen-bond acceptors (Lipinski definition) is 5. The molecule has 1 aliphatic rings. The lowest BCUT2D eigenvalue weighted by molar-refractivity contribution is -0.152. The lowest BCUT2D eigenvalue weighted by atomic mass is 10.1. The molecule has 1 saturated heterocycles. The number of hydrogen-bond donors (Lipinski definition) is 3. The van der Waals surface area contributed by atoms with Crippen LogP contribution in [0.2, 0.25) is 0 Å². The normalized spacial score (nSPS) is 16.3. The minimum atomic E-state index is -4.56. The average Bonchev–Trinajstić information content (AvgIpc) is 3.42. The summed E-state index contributed by atoms with van der Waals surface area (Å²) in [6.45, 7) is 1.27. The van der Waals surface area contributed by atoms with Gasteiger partial charge in [-0.25, -0.2) is 4.98 Å². The van der Waals surface area contributed by atoms with Gasteiger partial charge in [-0.15, -0.1) is 0 Å². The first-order valence-corrected chi connectivity index (χ1v) is 10.6. The maximum Gasteiger partial charge on any atom is 0.449 e. The van der Waals surface area contributed by atoms with E-state index < -0.39 is 36.0 Å². The Morgan fingerprint density at radius 2 is 1.75 bits per heavy atom. The van der Waals surface area contributed by atoms with Crippen LogP contribution in [-0.4, -0.2) is 68.3 Å². The Morgan fingerprint density at radius 3 is 2.44 bits per heavy atom. The van der Waals surface area contributed by atoms with E-state index in [0.29, 0.717) is 37.9 Å². The number of aromatic nitrogens is 2. The quantitative estimate of drug-likeness (QED) is 0.498. The highest BCUT2D eigenvalue weighted by Gasteiger charge is 2.37. The van der Waals surface area contributed by atoms with Gasteiger partial charge in [0.15, 0.2) is 12.2 Å². The molecule has 8 nitrogen and oxygen atoms in total. The van der Waals surface area contributed by atoms with Crippen molar-refractivity contribution in [3.8, 4) is 0 Å². The van der Waals surface area contributed by atoms with Crippen LogP contribution in [0.3, 0.4) is 0 Å². The van der Waals surface area contributed by atoms with Crippen LogP contribution in [0.25, 0.3) is 11.0 Å². The number of nitrogens with one attached hydrogen (secondary N) is 1. The predicted molar refractivity (Wildman–Crippen MR) is 109 cm³/mol. The van der Waals surface area contributed by atoms with E-state index in [1.807, 2.05) is 0 Å². The van der Waals surface area contributed by atoms with Gasteiger partial charge in [0.05, 0.1) is 11.0 Å². The van der Waals surface area contributed by atoms with Gasteiger partial charge in [-0.1, -0.05) is 12.1 Å². The van der Waals surface area contributed by atoms with E-state index in [9.17, 15) is 33.0 Å². The fourth-order valence-corrected chi connectivity index (χ4v) is 3.81. The summed E-state index contributed by atoms with van der Waals surface area (Å²) in [4.78, 5) is 29.2. The van der Waals surface area contributed by atoms with E-state index in [0.717, 1.165) is 17.4 Å². The molecule has 0 saturated carbocycles. The number of aliphatic hydroxyl groups excluding tert-OH is 2. The second kappa shape index (κ2) is 10.3. The van der Waals surface area contributed by atoms with Crippen molar-refractivity contribution in [2.45, 2.75) is 57.0 Å². The fourth-order valence-electron chi connectivity index (χ4n) is 3.81. The van der Waals surface area contributed by atoms with E-state index in [2.05, 4.69) is 10.3 Å². The largest absolute Gasteiger partial charge is 0.449 e. The van der Waals surface area contributed by atoms with Gasteiger partial charge >= 0.3 is 6.18 Å². The number of amides is 2. The number of halogens is 3. The van der Waals surface area contributed by atoms with Crippen LogP contribution in [-0.2, 0) is 22.3 Å². The molecule has 0 unspecified atom stereocenters. The third kappa shape index (κ3) is 5.57. The van der Waals surface area contributed by atoms with E-state index in [4.69, 9.17) is 0 Å². The molecule has 32 heavy (non-hydrogen) atoms.